The lowest BCUT2D eigenvalue weighted by Gasteiger charge is -2.37. The molecule has 2 saturated heterocycles. The van der Waals surface area contributed by atoms with Gasteiger partial charge in [0.05, 0.1) is 0 Å². The van der Waals surface area contributed by atoms with E-state index in [1.165, 1.54) is 51.9 Å². The van der Waals surface area contributed by atoms with E-state index in [1.54, 1.807) is 0 Å². The summed E-state index contributed by atoms with van der Waals surface area (Å²) in [4.78, 5) is 5.42. The van der Waals surface area contributed by atoms with Crippen LogP contribution in [0.4, 0.5) is 0 Å². The largest absolute Gasteiger partial charge is 0.298 e. The summed E-state index contributed by atoms with van der Waals surface area (Å²) in [5.74, 6) is 0. The van der Waals surface area contributed by atoms with Crippen LogP contribution in [0, 0.1) is 0 Å². The summed E-state index contributed by atoms with van der Waals surface area (Å²) in [5, 5.41) is 0. The molecule has 0 amide bonds. The van der Waals surface area contributed by atoms with E-state index < -0.39 is 0 Å². The fourth-order valence-corrected chi connectivity index (χ4v) is 2.79. The highest BCUT2D eigenvalue weighted by Crippen LogP contribution is 2.31. The average Bonchev–Trinajstić information content (AvgIpc) is 2.84. The molecule has 1 unspecified atom stereocenters. The predicted octanol–water partition coefficient (Wildman–Crippen LogP) is 0.929. The van der Waals surface area contributed by atoms with Crippen molar-refractivity contribution in [2.45, 2.75) is 37.8 Å². The Morgan fingerprint density at radius 3 is 2.42 bits per heavy atom. The molecule has 0 N–H and O–H groups in total. The molecule has 12 heavy (non-hydrogen) atoms. The summed E-state index contributed by atoms with van der Waals surface area (Å²) in [5.41, 5.74) is 0. The van der Waals surface area contributed by atoms with Crippen LogP contribution in [0.5, 0.6) is 0 Å². The molecule has 0 aromatic rings. The third kappa shape index (κ3) is 1.17. The first-order chi connectivity index (χ1) is 5.93. The third-order valence-electron chi connectivity index (χ3n) is 3.68. The molecule has 68 valence electrons. The van der Waals surface area contributed by atoms with Gasteiger partial charge in [-0.3, -0.25) is 9.80 Å². The minimum Gasteiger partial charge on any atom is -0.298 e. The van der Waals surface area contributed by atoms with Crippen molar-refractivity contribution in [3.63, 3.8) is 0 Å². The fourth-order valence-electron chi connectivity index (χ4n) is 2.79. The van der Waals surface area contributed by atoms with Crippen molar-refractivity contribution in [2.24, 2.45) is 0 Å². The highest BCUT2D eigenvalue weighted by Gasteiger charge is 2.36. The van der Waals surface area contributed by atoms with Crippen LogP contribution in [0.15, 0.2) is 0 Å². The highest BCUT2D eigenvalue weighted by molar-refractivity contribution is 4.93. The molecule has 1 atom stereocenters. The van der Waals surface area contributed by atoms with E-state index in [2.05, 4.69) is 9.80 Å². The maximum Gasteiger partial charge on any atom is 0.0224 e. The minimum absolute atomic E-state index is 0.930. The van der Waals surface area contributed by atoms with Gasteiger partial charge in [-0.1, -0.05) is 0 Å². The number of nitrogens with zero attached hydrogens (tertiary/aromatic N) is 2. The zero-order chi connectivity index (χ0) is 7.97. The molecule has 1 aliphatic carbocycles. The molecule has 1 saturated carbocycles. The standard InChI is InChI=1S/C10H18N2/c1-2-10-8-12(9-3-4-9)7-6-11(10)5-1/h9-10H,1-8H2. The van der Waals surface area contributed by atoms with E-state index in [0.29, 0.717) is 0 Å². The monoisotopic (exact) mass is 166 g/mol. The van der Waals surface area contributed by atoms with Crippen LogP contribution in [0.25, 0.3) is 0 Å². The molecular formula is C10H18N2. The van der Waals surface area contributed by atoms with Crippen LogP contribution in [-0.4, -0.2) is 48.1 Å². The van der Waals surface area contributed by atoms with Gasteiger partial charge in [0.25, 0.3) is 0 Å². The molecule has 3 fully saturated rings. The van der Waals surface area contributed by atoms with Gasteiger partial charge in [0.2, 0.25) is 0 Å². The van der Waals surface area contributed by atoms with Crippen LogP contribution in [-0.2, 0) is 0 Å². The number of hydrogen-bond acceptors (Lipinski definition) is 2. The molecule has 3 aliphatic rings. The molecule has 2 aliphatic heterocycles. The minimum atomic E-state index is 0.930. The lowest BCUT2D eigenvalue weighted by Crippen LogP contribution is -2.50. The van der Waals surface area contributed by atoms with E-state index in [0.717, 1.165) is 12.1 Å². The quantitative estimate of drug-likeness (QED) is 0.572. The summed E-state index contributed by atoms with van der Waals surface area (Å²) < 4.78 is 0. The first-order valence-corrected chi connectivity index (χ1v) is 5.41. The van der Waals surface area contributed by atoms with Gasteiger partial charge in [0.1, 0.15) is 0 Å². The fraction of sp³-hybridized carbons (Fsp3) is 1.00. The molecule has 3 rings (SSSR count). The van der Waals surface area contributed by atoms with E-state index >= 15 is 0 Å². The normalized spacial score (nSPS) is 38.5. The lowest BCUT2D eigenvalue weighted by molar-refractivity contribution is 0.0989. The summed E-state index contributed by atoms with van der Waals surface area (Å²) in [6.45, 7) is 5.45. The van der Waals surface area contributed by atoms with E-state index in [1.807, 2.05) is 0 Å². The zero-order valence-corrected chi connectivity index (χ0v) is 7.71. The maximum atomic E-state index is 2.73. The van der Waals surface area contributed by atoms with Gasteiger partial charge in [-0.25, -0.2) is 0 Å². The molecule has 0 bridgehead atoms. The van der Waals surface area contributed by atoms with Crippen LogP contribution in [0.3, 0.4) is 0 Å². The summed E-state index contributed by atoms with van der Waals surface area (Å²) >= 11 is 0. The number of piperazine rings is 1. The molecule has 0 aromatic heterocycles. The number of rotatable bonds is 1. The van der Waals surface area contributed by atoms with Crippen molar-refractivity contribution in [2.75, 3.05) is 26.2 Å². The van der Waals surface area contributed by atoms with Crippen molar-refractivity contribution in [3.8, 4) is 0 Å². The van der Waals surface area contributed by atoms with Gasteiger partial charge < -0.3 is 0 Å². The first kappa shape index (κ1) is 7.34. The highest BCUT2D eigenvalue weighted by atomic mass is 15.3. The van der Waals surface area contributed by atoms with E-state index in [-0.39, 0.29) is 0 Å². The second-order valence-electron chi connectivity index (χ2n) is 4.56. The molecule has 2 heterocycles. The van der Waals surface area contributed by atoms with Crippen LogP contribution in [0.2, 0.25) is 0 Å². The van der Waals surface area contributed by atoms with E-state index in [4.69, 9.17) is 0 Å². The van der Waals surface area contributed by atoms with Gasteiger partial charge in [-0.15, -0.1) is 0 Å². The number of fused-ring (bicyclic) bond motifs is 1. The Hall–Kier alpha value is -0.0800. The molecule has 0 radical (unpaired) electrons. The van der Waals surface area contributed by atoms with Gasteiger partial charge in [-0.2, -0.15) is 0 Å². The molecule has 2 nitrogen and oxygen atoms in total. The van der Waals surface area contributed by atoms with Gasteiger partial charge in [0.15, 0.2) is 0 Å². The zero-order valence-electron chi connectivity index (χ0n) is 7.71. The Morgan fingerprint density at radius 2 is 1.58 bits per heavy atom. The molecule has 0 spiro atoms. The van der Waals surface area contributed by atoms with Crippen molar-refractivity contribution in [1.29, 1.82) is 0 Å². The van der Waals surface area contributed by atoms with Gasteiger partial charge >= 0.3 is 0 Å². The summed E-state index contributed by atoms with van der Waals surface area (Å²) in [7, 11) is 0. The SMILES string of the molecule is C1CC2CN(C3CC3)CCN2C1. The van der Waals surface area contributed by atoms with Crippen molar-refractivity contribution < 1.29 is 0 Å². The van der Waals surface area contributed by atoms with Crippen LogP contribution < -0.4 is 0 Å². The predicted molar refractivity (Wildman–Crippen MR) is 49.2 cm³/mol. The average molecular weight is 166 g/mol. The smallest absolute Gasteiger partial charge is 0.0224 e. The van der Waals surface area contributed by atoms with Crippen LogP contribution in [0.1, 0.15) is 25.7 Å². The first-order valence-electron chi connectivity index (χ1n) is 5.41. The summed E-state index contributed by atoms with van der Waals surface area (Å²) in [6, 6.07) is 1.92. The lowest BCUT2D eigenvalue weighted by atomic mass is 10.1. The topological polar surface area (TPSA) is 6.48 Å². The van der Waals surface area contributed by atoms with Crippen LogP contribution >= 0.6 is 0 Å². The van der Waals surface area contributed by atoms with E-state index in [9.17, 15) is 0 Å². The Morgan fingerprint density at radius 1 is 0.750 bits per heavy atom. The molecule has 0 aromatic carbocycles. The molecular weight excluding hydrogens is 148 g/mol. The van der Waals surface area contributed by atoms with Gasteiger partial charge in [-0.05, 0) is 32.2 Å². The third-order valence-corrected chi connectivity index (χ3v) is 3.68. The Bertz CT molecular complexity index is 177. The Kier molecular flexibility index (Phi) is 1.66. The van der Waals surface area contributed by atoms with Crippen molar-refractivity contribution in [1.82, 2.24) is 9.80 Å². The molecule has 2 heteroatoms. The second-order valence-corrected chi connectivity index (χ2v) is 4.56. The number of hydrogen-bond donors (Lipinski definition) is 0. The van der Waals surface area contributed by atoms with Crippen molar-refractivity contribution in [3.05, 3.63) is 0 Å². The van der Waals surface area contributed by atoms with Gasteiger partial charge in [0, 0.05) is 31.7 Å². The van der Waals surface area contributed by atoms with Crippen molar-refractivity contribution >= 4 is 0 Å². The second kappa shape index (κ2) is 2.71. The maximum absolute atomic E-state index is 2.73. The Labute approximate surface area is 74.5 Å². The Balaban J connectivity index is 1.64. The summed E-state index contributed by atoms with van der Waals surface area (Å²) in [6.07, 6.45) is 5.87.